The van der Waals surface area contributed by atoms with Crippen LogP contribution in [0.3, 0.4) is 0 Å². The highest BCUT2D eigenvalue weighted by molar-refractivity contribution is 4.80. The number of likely N-dealkylation sites (tertiary alicyclic amines) is 1. The molecule has 0 spiro atoms. The van der Waals surface area contributed by atoms with Crippen molar-refractivity contribution in [1.29, 1.82) is 0 Å². The fourth-order valence-electron chi connectivity index (χ4n) is 2.52. The van der Waals surface area contributed by atoms with Crippen molar-refractivity contribution in [3.05, 3.63) is 0 Å². The predicted octanol–water partition coefficient (Wildman–Crippen LogP) is 1.96. The van der Waals surface area contributed by atoms with E-state index >= 15 is 0 Å². The molecule has 0 amide bonds. The van der Waals surface area contributed by atoms with Crippen LogP contribution in [-0.2, 0) is 0 Å². The smallest absolute Gasteiger partial charge is 0.0243 e. The molecule has 1 saturated heterocycles. The zero-order valence-electron chi connectivity index (χ0n) is 10.2. The zero-order chi connectivity index (χ0) is 10.6. The molecule has 0 aromatic heterocycles. The van der Waals surface area contributed by atoms with Crippen LogP contribution in [0.1, 0.15) is 33.6 Å². The van der Waals surface area contributed by atoms with Crippen LogP contribution in [-0.4, -0.2) is 37.6 Å². The summed E-state index contributed by atoms with van der Waals surface area (Å²) in [6.45, 7) is 10.8. The third-order valence-electron chi connectivity index (χ3n) is 3.34. The number of likely N-dealkylation sites (N-methyl/N-ethyl adjacent to an activating group) is 1. The van der Waals surface area contributed by atoms with E-state index in [-0.39, 0.29) is 0 Å². The number of rotatable bonds is 4. The van der Waals surface area contributed by atoms with Crippen LogP contribution >= 0.6 is 0 Å². The molecule has 2 unspecified atom stereocenters. The summed E-state index contributed by atoms with van der Waals surface area (Å²) in [7, 11) is 2.06. The van der Waals surface area contributed by atoms with E-state index in [9.17, 15) is 0 Å². The first-order chi connectivity index (χ1) is 6.65. The third kappa shape index (κ3) is 3.25. The minimum atomic E-state index is 0.725. The molecule has 0 saturated carbocycles. The van der Waals surface area contributed by atoms with Crippen LogP contribution in [0.25, 0.3) is 0 Å². The molecule has 1 aliphatic rings. The highest BCUT2D eigenvalue weighted by atomic mass is 15.2. The summed E-state index contributed by atoms with van der Waals surface area (Å²) < 4.78 is 0. The summed E-state index contributed by atoms with van der Waals surface area (Å²) in [5.41, 5.74) is 0. The number of nitrogens with zero attached hydrogens (tertiary/aromatic N) is 1. The number of hydrogen-bond acceptors (Lipinski definition) is 2. The average Bonchev–Trinajstić information content (AvgIpc) is 2.13. The predicted molar refractivity (Wildman–Crippen MR) is 62.5 cm³/mol. The highest BCUT2D eigenvalue weighted by Gasteiger charge is 2.25. The van der Waals surface area contributed by atoms with Gasteiger partial charge in [-0.05, 0) is 38.3 Å². The molecule has 0 aromatic carbocycles. The Morgan fingerprint density at radius 1 is 1.43 bits per heavy atom. The Bertz CT molecular complexity index is 156. The SMILES string of the molecule is CNCC(C(C)C)N1CCCC(C)C1. The Balaban J connectivity index is 2.48. The summed E-state index contributed by atoms with van der Waals surface area (Å²) in [4.78, 5) is 2.68. The second kappa shape index (κ2) is 5.72. The number of nitrogens with one attached hydrogen (secondary N) is 1. The summed E-state index contributed by atoms with van der Waals surface area (Å²) in [5, 5.41) is 3.32. The Morgan fingerprint density at radius 2 is 2.14 bits per heavy atom. The van der Waals surface area contributed by atoms with E-state index in [1.807, 2.05) is 0 Å². The molecule has 1 heterocycles. The molecule has 0 aromatic rings. The molecular weight excluding hydrogens is 172 g/mol. The van der Waals surface area contributed by atoms with Crippen molar-refractivity contribution in [3.63, 3.8) is 0 Å². The number of piperidine rings is 1. The third-order valence-corrected chi connectivity index (χ3v) is 3.34. The molecule has 1 fully saturated rings. The summed E-state index contributed by atoms with van der Waals surface area (Å²) in [6.07, 6.45) is 2.80. The van der Waals surface area contributed by atoms with E-state index in [4.69, 9.17) is 0 Å². The molecule has 2 atom stereocenters. The van der Waals surface area contributed by atoms with Crippen LogP contribution < -0.4 is 5.32 Å². The van der Waals surface area contributed by atoms with Crippen molar-refractivity contribution < 1.29 is 0 Å². The largest absolute Gasteiger partial charge is 0.318 e. The second-order valence-electron chi connectivity index (χ2n) is 5.11. The lowest BCUT2D eigenvalue weighted by atomic mass is 9.95. The molecule has 1 N–H and O–H groups in total. The standard InChI is InChI=1S/C12H26N2/c1-10(2)12(8-13-4)14-7-5-6-11(3)9-14/h10-13H,5-9H2,1-4H3. The Morgan fingerprint density at radius 3 is 2.64 bits per heavy atom. The Hall–Kier alpha value is -0.0800. The summed E-state index contributed by atoms with van der Waals surface area (Å²) in [6, 6.07) is 0.725. The second-order valence-corrected chi connectivity index (χ2v) is 5.11. The molecule has 2 nitrogen and oxygen atoms in total. The molecule has 1 rings (SSSR count). The van der Waals surface area contributed by atoms with E-state index in [0.717, 1.165) is 24.4 Å². The van der Waals surface area contributed by atoms with Crippen LogP contribution in [0.15, 0.2) is 0 Å². The van der Waals surface area contributed by atoms with E-state index in [1.54, 1.807) is 0 Å². The Labute approximate surface area is 89.1 Å². The molecule has 84 valence electrons. The van der Waals surface area contributed by atoms with Crippen molar-refractivity contribution in [2.75, 3.05) is 26.7 Å². The lowest BCUT2D eigenvalue weighted by Gasteiger charge is -2.39. The summed E-state index contributed by atoms with van der Waals surface area (Å²) >= 11 is 0. The van der Waals surface area contributed by atoms with Gasteiger partial charge in [0.05, 0.1) is 0 Å². The van der Waals surface area contributed by atoms with Gasteiger partial charge < -0.3 is 5.32 Å². The minimum absolute atomic E-state index is 0.725. The van der Waals surface area contributed by atoms with Crippen molar-refractivity contribution in [3.8, 4) is 0 Å². The normalized spacial score (nSPS) is 26.8. The van der Waals surface area contributed by atoms with Crippen LogP contribution in [0.2, 0.25) is 0 Å². The van der Waals surface area contributed by atoms with Gasteiger partial charge in [-0.15, -0.1) is 0 Å². The fourth-order valence-corrected chi connectivity index (χ4v) is 2.52. The van der Waals surface area contributed by atoms with Gasteiger partial charge in [0.15, 0.2) is 0 Å². The van der Waals surface area contributed by atoms with Gasteiger partial charge in [-0.1, -0.05) is 20.8 Å². The topological polar surface area (TPSA) is 15.3 Å². The maximum absolute atomic E-state index is 3.32. The minimum Gasteiger partial charge on any atom is -0.318 e. The van der Waals surface area contributed by atoms with E-state index in [1.165, 1.54) is 25.9 Å². The average molecular weight is 198 g/mol. The first-order valence-electron chi connectivity index (χ1n) is 6.03. The quantitative estimate of drug-likeness (QED) is 0.743. The molecule has 0 aliphatic carbocycles. The van der Waals surface area contributed by atoms with E-state index in [2.05, 4.69) is 38.0 Å². The van der Waals surface area contributed by atoms with Gasteiger partial charge in [-0.2, -0.15) is 0 Å². The first-order valence-corrected chi connectivity index (χ1v) is 6.03. The highest BCUT2D eigenvalue weighted by Crippen LogP contribution is 2.20. The molecule has 1 aliphatic heterocycles. The number of hydrogen-bond donors (Lipinski definition) is 1. The lowest BCUT2D eigenvalue weighted by Crippen LogP contribution is -2.48. The molecule has 14 heavy (non-hydrogen) atoms. The van der Waals surface area contributed by atoms with Crippen LogP contribution in [0.5, 0.6) is 0 Å². The van der Waals surface area contributed by atoms with Crippen molar-refractivity contribution >= 4 is 0 Å². The van der Waals surface area contributed by atoms with E-state index < -0.39 is 0 Å². The molecule has 0 radical (unpaired) electrons. The lowest BCUT2D eigenvalue weighted by molar-refractivity contribution is 0.101. The van der Waals surface area contributed by atoms with E-state index in [0.29, 0.717) is 0 Å². The van der Waals surface area contributed by atoms with Crippen LogP contribution in [0, 0.1) is 11.8 Å². The van der Waals surface area contributed by atoms with Crippen LogP contribution in [0.4, 0.5) is 0 Å². The van der Waals surface area contributed by atoms with Gasteiger partial charge in [0.2, 0.25) is 0 Å². The van der Waals surface area contributed by atoms with Crippen molar-refractivity contribution in [2.45, 2.75) is 39.7 Å². The molecule has 0 bridgehead atoms. The molecular formula is C12H26N2. The van der Waals surface area contributed by atoms with Gasteiger partial charge in [-0.25, -0.2) is 0 Å². The fraction of sp³-hybridized carbons (Fsp3) is 1.00. The van der Waals surface area contributed by atoms with Gasteiger partial charge in [0.25, 0.3) is 0 Å². The van der Waals surface area contributed by atoms with Crippen molar-refractivity contribution in [1.82, 2.24) is 10.2 Å². The van der Waals surface area contributed by atoms with Gasteiger partial charge in [0.1, 0.15) is 0 Å². The monoisotopic (exact) mass is 198 g/mol. The van der Waals surface area contributed by atoms with Gasteiger partial charge >= 0.3 is 0 Å². The van der Waals surface area contributed by atoms with Gasteiger partial charge in [0, 0.05) is 19.1 Å². The Kier molecular flexibility index (Phi) is 4.90. The zero-order valence-corrected chi connectivity index (χ0v) is 10.2. The maximum atomic E-state index is 3.32. The van der Waals surface area contributed by atoms with Gasteiger partial charge in [-0.3, -0.25) is 4.90 Å². The van der Waals surface area contributed by atoms with Crippen molar-refractivity contribution in [2.24, 2.45) is 11.8 Å². The maximum Gasteiger partial charge on any atom is 0.0243 e. The molecule has 2 heteroatoms. The first kappa shape index (κ1) is 12.0. The summed E-state index contributed by atoms with van der Waals surface area (Å²) in [5.74, 6) is 1.65.